The first kappa shape index (κ1) is 103. The molecule has 0 radical (unpaired) electrons. The quantitative estimate of drug-likeness (QED) is 0.0222. The Kier molecular flexibility index (Phi) is 77.3. The van der Waals surface area contributed by atoms with Crippen molar-refractivity contribution in [2.24, 2.45) is 5.92 Å². The van der Waals surface area contributed by atoms with E-state index in [9.17, 15) is 43.2 Å². The van der Waals surface area contributed by atoms with Crippen LogP contribution in [0.25, 0.3) is 0 Å². The molecule has 0 rings (SSSR count). The summed E-state index contributed by atoms with van der Waals surface area (Å²) in [4.78, 5) is 73.1. The molecule has 0 bridgehead atoms. The molecule has 17 nitrogen and oxygen atoms in total. The van der Waals surface area contributed by atoms with Crippen LogP contribution in [0.4, 0.5) is 0 Å². The number of carbonyl (C=O) groups excluding carboxylic acids is 4. The summed E-state index contributed by atoms with van der Waals surface area (Å²) in [5, 5.41) is 10.7. The van der Waals surface area contributed by atoms with Gasteiger partial charge in [-0.1, -0.05) is 413 Å². The number of carbonyl (C=O) groups is 4. The van der Waals surface area contributed by atoms with Crippen molar-refractivity contribution in [3.05, 3.63) is 0 Å². The first-order valence-corrected chi connectivity index (χ1v) is 47.7. The second-order valence-corrected chi connectivity index (χ2v) is 34.1. The van der Waals surface area contributed by atoms with E-state index < -0.39 is 97.5 Å². The van der Waals surface area contributed by atoms with E-state index in [1.165, 1.54) is 283 Å². The van der Waals surface area contributed by atoms with Gasteiger partial charge in [-0.25, -0.2) is 9.13 Å². The lowest BCUT2D eigenvalue weighted by molar-refractivity contribution is -0.161. The fraction of sp³-hybridized carbons (Fsp3) is 0.953. The van der Waals surface area contributed by atoms with Crippen LogP contribution < -0.4 is 0 Å². The van der Waals surface area contributed by atoms with Crippen molar-refractivity contribution in [3.8, 4) is 0 Å². The van der Waals surface area contributed by atoms with Crippen LogP contribution in [0.1, 0.15) is 465 Å². The van der Waals surface area contributed by atoms with Gasteiger partial charge in [0.25, 0.3) is 0 Å². The van der Waals surface area contributed by atoms with E-state index in [1.54, 1.807) is 0 Å². The van der Waals surface area contributed by atoms with E-state index in [2.05, 4.69) is 34.6 Å². The number of unbranched alkanes of at least 4 members (excludes halogenated alkanes) is 57. The number of phosphoric acid groups is 2. The lowest BCUT2D eigenvalue weighted by Crippen LogP contribution is -2.30. The second-order valence-electron chi connectivity index (χ2n) is 31.2. The average molecular weight is 1540 g/mol. The predicted octanol–water partition coefficient (Wildman–Crippen LogP) is 26.4. The van der Waals surface area contributed by atoms with Gasteiger partial charge < -0.3 is 33.8 Å². The SMILES string of the molecule is CCCCCCCCCCCCCCCCCCCCCCCCC(=O)O[C@H](COC(=O)CCCCCCCCCCCCCCCCCCCCCCC)COP(=O)(O)OC[C@@H](O)COP(=O)(O)OC[C@@H](COC(=O)CCCCCCCCCC)OC(=O)CCCCCCCCCCCCC(C)CC. The summed E-state index contributed by atoms with van der Waals surface area (Å²) in [5.41, 5.74) is 0. The van der Waals surface area contributed by atoms with Crippen LogP contribution in [0.5, 0.6) is 0 Å². The zero-order chi connectivity index (χ0) is 76.9. The summed E-state index contributed by atoms with van der Waals surface area (Å²) in [5.74, 6) is -1.30. The molecule has 19 heteroatoms. The van der Waals surface area contributed by atoms with Crippen molar-refractivity contribution in [1.29, 1.82) is 0 Å². The smallest absolute Gasteiger partial charge is 0.462 e. The first-order chi connectivity index (χ1) is 51.1. The summed E-state index contributed by atoms with van der Waals surface area (Å²) in [6, 6.07) is 0. The van der Waals surface area contributed by atoms with Crippen molar-refractivity contribution >= 4 is 39.5 Å². The Hall–Kier alpha value is -1.94. The molecule has 6 atom stereocenters. The molecular formula is C86H168O17P2. The summed E-state index contributed by atoms with van der Waals surface area (Å²) in [6.07, 6.45) is 72.5. The second kappa shape index (κ2) is 78.7. The number of phosphoric ester groups is 2. The maximum atomic E-state index is 13.1. The third kappa shape index (κ3) is 78.5. The van der Waals surface area contributed by atoms with Gasteiger partial charge in [-0.15, -0.1) is 0 Å². The number of hydrogen-bond donors (Lipinski definition) is 3. The summed E-state index contributed by atoms with van der Waals surface area (Å²) >= 11 is 0. The number of rotatable bonds is 86. The molecule has 0 aromatic heterocycles. The van der Waals surface area contributed by atoms with E-state index in [4.69, 9.17) is 37.0 Å². The zero-order valence-electron chi connectivity index (χ0n) is 68.9. The van der Waals surface area contributed by atoms with E-state index in [1.807, 2.05) is 0 Å². The Balaban J connectivity index is 5.17. The van der Waals surface area contributed by atoms with Gasteiger partial charge in [-0.2, -0.15) is 0 Å². The molecule has 3 N–H and O–H groups in total. The molecule has 0 amide bonds. The molecule has 0 aromatic rings. The van der Waals surface area contributed by atoms with Crippen LogP contribution in [0.15, 0.2) is 0 Å². The lowest BCUT2D eigenvalue weighted by Gasteiger charge is -2.21. The van der Waals surface area contributed by atoms with Gasteiger partial charge in [0, 0.05) is 25.7 Å². The Morgan fingerprint density at radius 2 is 0.457 bits per heavy atom. The Labute approximate surface area is 645 Å². The topological polar surface area (TPSA) is 237 Å². The van der Waals surface area contributed by atoms with Crippen LogP contribution in [-0.2, 0) is 65.4 Å². The molecule has 0 spiro atoms. The van der Waals surface area contributed by atoms with Crippen LogP contribution in [-0.4, -0.2) is 96.7 Å². The third-order valence-electron chi connectivity index (χ3n) is 20.6. The summed E-state index contributed by atoms with van der Waals surface area (Å²) in [7, 11) is -9.92. The van der Waals surface area contributed by atoms with Gasteiger partial charge in [0.1, 0.15) is 19.3 Å². The van der Waals surface area contributed by atoms with E-state index >= 15 is 0 Å². The van der Waals surface area contributed by atoms with Gasteiger partial charge in [0.05, 0.1) is 26.4 Å². The maximum Gasteiger partial charge on any atom is 0.472 e. The normalized spacial score (nSPS) is 14.0. The standard InChI is InChI=1S/C86H168O17P2/c1-6-10-13-16-19-22-24-26-28-30-32-34-36-38-40-42-44-46-51-56-61-66-71-85(90)103-82(76-97-84(89)70-65-60-55-50-45-43-41-39-37-35-33-31-29-27-25-23-20-17-14-11-7-2)78-101-105(94,95)99-74-80(87)73-98-104(92,93)100-77-81(75-96-83(88)69-64-59-54-21-18-15-12-8-3)102-86(91)72-67-62-57-52-48-47-49-53-58-63-68-79(5)9-4/h79-82,87H,6-78H2,1-5H3,(H,92,93)(H,94,95)/t79?,80-,81+,82+/m0/s1. The van der Waals surface area contributed by atoms with Gasteiger partial charge in [0.2, 0.25) is 0 Å². The first-order valence-electron chi connectivity index (χ1n) is 44.7. The molecule has 0 saturated heterocycles. The molecule has 0 heterocycles. The highest BCUT2D eigenvalue weighted by molar-refractivity contribution is 7.47. The van der Waals surface area contributed by atoms with Crippen LogP contribution in [0.2, 0.25) is 0 Å². The highest BCUT2D eigenvalue weighted by Crippen LogP contribution is 2.45. The number of ether oxygens (including phenoxy) is 4. The number of aliphatic hydroxyl groups excluding tert-OH is 1. The maximum absolute atomic E-state index is 13.1. The van der Waals surface area contributed by atoms with E-state index in [0.29, 0.717) is 25.7 Å². The van der Waals surface area contributed by atoms with Gasteiger partial charge >= 0.3 is 39.5 Å². The molecule has 0 aliphatic heterocycles. The van der Waals surface area contributed by atoms with E-state index in [0.717, 1.165) is 102 Å². The Morgan fingerprint density at radius 1 is 0.267 bits per heavy atom. The van der Waals surface area contributed by atoms with E-state index in [-0.39, 0.29) is 25.7 Å². The van der Waals surface area contributed by atoms with Crippen LogP contribution in [0.3, 0.4) is 0 Å². The Bertz CT molecular complexity index is 2000. The third-order valence-corrected chi connectivity index (χ3v) is 22.5. The minimum Gasteiger partial charge on any atom is -0.462 e. The van der Waals surface area contributed by atoms with Gasteiger partial charge in [0.15, 0.2) is 12.2 Å². The fourth-order valence-corrected chi connectivity index (χ4v) is 15.0. The monoisotopic (exact) mass is 1540 g/mol. The lowest BCUT2D eigenvalue weighted by atomic mass is 9.99. The minimum atomic E-state index is -4.96. The van der Waals surface area contributed by atoms with Crippen molar-refractivity contribution < 1.29 is 80.2 Å². The molecule has 0 saturated carbocycles. The predicted molar refractivity (Wildman–Crippen MR) is 432 cm³/mol. The van der Waals surface area contributed by atoms with Gasteiger partial charge in [-0.05, 0) is 31.6 Å². The minimum absolute atomic E-state index is 0.107. The molecule has 0 aliphatic carbocycles. The molecule has 105 heavy (non-hydrogen) atoms. The highest BCUT2D eigenvalue weighted by Gasteiger charge is 2.30. The van der Waals surface area contributed by atoms with Crippen molar-refractivity contribution in [2.75, 3.05) is 39.6 Å². The zero-order valence-corrected chi connectivity index (χ0v) is 70.7. The summed E-state index contributed by atoms with van der Waals surface area (Å²) < 4.78 is 68.8. The molecular weight excluding hydrogens is 1370 g/mol. The average Bonchev–Trinajstić information content (AvgIpc) is 0.907. The van der Waals surface area contributed by atoms with Crippen LogP contribution >= 0.6 is 15.6 Å². The molecule has 0 aromatic carbocycles. The summed E-state index contributed by atoms with van der Waals surface area (Å²) in [6.45, 7) is 7.35. The fourth-order valence-electron chi connectivity index (χ4n) is 13.4. The molecule has 0 aliphatic rings. The largest absolute Gasteiger partial charge is 0.472 e. The number of esters is 4. The van der Waals surface area contributed by atoms with Crippen LogP contribution in [0, 0.1) is 5.92 Å². The number of aliphatic hydroxyl groups is 1. The highest BCUT2D eigenvalue weighted by atomic mass is 31.2. The molecule has 0 fully saturated rings. The van der Waals surface area contributed by atoms with Crippen molar-refractivity contribution in [1.82, 2.24) is 0 Å². The molecule has 3 unspecified atom stereocenters. The Morgan fingerprint density at radius 3 is 0.676 bits per heavy atom. The van der Waals surface area contributed by atoms with Crippen molar-refractivity contribution in [3.63, 3.8) is 0 Å². The number of hydrogen-bond acceptors (Lipinski definition) is 15. The molecule has 624 valence electrons. The van der Waals surface area contributed by atoms with Gasteiger partial charge in [-0.3, -0.25) is 37.3 Å². The van der Waals surface area contributed by atoms with Crippen molar-refractivity contribution in [2.45, 2.75) is 483 Å².